The van der Waals surface area contributed by atoms with E-state index in [2.05, 4.69) is 0 Å². The van der Waals surface area contributed by atoms with Gasteiger partial charge in [-0.05, 0) is 0 Å². The second-order valence-corrected chi connectivity index (χ2v) is 5.61. The summed E-state index contributed by atoms with van der Waals surface area (Å²) in [6.45, 7) is 5.99. The topological polar surface area (TPSA) is 79.3 Å². The molecule has 1 aliphatic rings. The highest BCUT2D eigenvalue weighted by atomic mass is 16.7. The molecule has 1 saturated heterocycles. The van der Waals surface area contributed by atoms with Crippen molar-refractivity contribution in [3.8, 4) is 0 Å². The minimum Gasteiger partial charge on any atom is -0.465 e. The average Bonchev–Trinajstić information content (AvgIpc) is 2.35. The Kier molecular flexibility index (Phi) is 4.42. The number of morpholine rings is 1. The van der Waals surface area contributed by atoms with Crippen LogP contribution in [0.1, 0.15) is 20.8 Å². The molecule has 0 saturated carbocycles. The molecule has 0 aromatic rings. The van der Waals surface area contributed by atoms with Gasteiger partial charge in [0.1, 0.15) is 0 Å². The minimum absolute atomic E-state index is 0.00162. The fraction of sp³-hybridized carbons (Fsp3) is 0.833. The Morgan fingerprint density at radius 3 is 2.42 bits per heavy atom. The lowest BCUT2D eigenvalue weighted by molar-refractivity contribution is -0.218. The number of ether oxygens (including phenoxy) is 1. The quantitative estimate of drug-likeness (QED) is 0.753. The largest absolute Gasteiger partial charge is 0.465 e. The molecule has 0 unspecified atom stereocenters. The Hall–Kier alpha value is -1.34. The van der Waals surface area contributed by atoms with Gasteiger partial charge in [-0.3, -0.25) is 9.63 Å². The van der Waals surface area contributed by atoms with Crippen molar-refractivity contribution in [1.82, 2.24) is 9.96 Å². The number of hydrogen-bond acceptors (Lipinski definition) is 4. The fourth-order valence-corrected chi connectivity index (χ4v) is 2.13. The zero-order chi connectivity index (χ0) is 14.8. The molecule has 110 valence electrons. The molecule has 19 heavy (non-hydrogen) atoms. The molecule has 0 bridgehead atoms. The predicted octanol–water partition coefficient (Wildman–Crippen LogP) is 0.801. The number of hydroxylamine groups is 2. The fourth-order valence-electron chi connectivity index (χ4n) is 2.13. The van der Waals surface area contributed by atoms with E-state index in [9.17, 15) is 9.59 Å². The number of nitrogens with zero attached hydrogens (tertiary/aromatic N) is 2. The molecule has 2 amide bonds. The summed E-state index contributed by atoms with van der Waals surface area (Å²) in [5, 5.41) is 10.2. The normalized spacial score (nSPS) is 24.2. The summed E-state index contributed by atoms with van der Waals surface area (Å²) in [5.41, 5.74) is -1.81. The number of carbonyl (C=O) groups excluding carboxylic acids is 1. The second kappa shape index (κ2) is 5.34. The van der Waals surface area contributed by atoms with Crippen LogP contribution in [0.4, 0.5) is 4.79 Å². The van der Waals surface area contributed by atoms with E-state index in [1.807, 2.05) is 20.8 Å². The van der Waals surface area contributed by atoms with E-state index < -0.39 is 17.1 Å². The van der Waals surface area contributed by atoms with Gasteiger partial charge in [-0.25, -0.2) is 9.86 Å². The molecule has 7 heteroatoms. The Morgan fingerprint density at radius 2 is 2.00 bits per heavy atom. The molecule has 1 heterocycles. The van der Waals surface area contributed by atoms with Crippen molar-refractivity contribution in [2.24, 2.45) is 5.41 Å². The maximum absolute atomic E-state index is 12.5. The smallest absolute Gasteiger partial charge is 0.407 e. The van der Waals surface area contributed by atoms with Crippen LogP contribution in [0.2, 0.25) is 0 Å². The van der Waals surface area contributed by atoms with Crippen molar-refractivity contribution >= 4 is 12.0 Å². The van der Waals surface area contributed by atoms with E-state index in [4.69, 9.17) is 14.7 Å². The van der Waals surface area contributed by atoms with Crippen LogP contribution in [0.5, 0.6) is 0 Å². The predicted molar refractivity (Wildman–Crippen MR) is 67.5 cm³/mol. The molecule has 0 aromatic carbocycles. The van der Waals surface area contributed by atoms with E-state index in [1.165, 1.54) is 19.1 Å². The van der Waals surface area contributed by atoms with E-state index in [0.717, 1.165) is 5.06 Å². The van der Waals surface area contributed by atoms with E-state index >= 15 is 0 Å². The molecule has 1 aliphatic heterocycles. The van der Waals surface area contributed by atoms with Crippen molar-refractivity contribution in [2.75, 3.05) is 33.9 Å². The van der Waals surface area contributed by atoms with Crippen molar-refractivity contribution in [2.45, 2.75) is 26.4 Å². The van der Waals surface area contributed by atoms with Gasteiger partial charge in [0, 0.05) is 19.0 Å². The average molecular weight is 274 g/mol. The molecule has 0 radical (unpaired) electrons. The molecular formula is C12H22N2O5. The third kappa shape index (κ3) is 2.82. The monoisotopic (exact) mass is 274 g/mol. The molecule has 1 atom stereocenters. The number of rotatable bonds is 2. The molecule has 1 N–H and O–H groups in total. The number of hydrogen-bond donors (Lipinski definition) is 1. The summed E-state index contributed by atoms with van der Waals surface area (Å²) in [4.78, 5) is 29.8. The highest BCUT2D eigenvalue weighted by Crippen LogP contribution is 2.38. The van der Waals surface area contributed by atoms with Gasteiger partial charge in [-0.1, -0.05) is 20.8 Å². The highest BCUT2D eigenvalue weighted by Gasteiger charge is 2.54. The lowest BCUT2D eigenvalue weighted by Crippen LogP contribution is -2.66. The first-order valence-electron chi connectivity index (χ1n) is 6.10. The van der Waals surface area contributed by atoms with Crippen LogP contribution in [0.15, 0.2) is 0 Å². The summed E-state index contributed by atoms with van der Waals surface area (Å²) in [7, 11) is 2.87. The molecule has 0 aliphatic carbocycles. The number of carbonyl (C=O) groups is 2. The molecular weight excluding hydrogens is 252 g/mol. The summed E-state index contributed by atoms with van der Waals surface area (Å²) in [6.07, 6.45) is -1.05. The SMILES string of the molecule is CON(C)C(=O)[C@]1(C(C)(C)C)CN(C(=O)O)CCO1. The van der Waals surface area contributed by atoms with Gasteiger partial charge in [0.05, 0.1) is 20.3 Å². The standard InChI is InChI=1S/C12H22N2O5/c1-11(2,3)12(9(15)13(4)18-5)8-14(10(16)17)6-7-19-12/h6-8H2,1-5H3,(H,16,17)/t12-/m0/s1. The third-order valence-electron chi connectivity index (χ3n) is 3.51. The van der Waals surface area contributed by atoms with Crippen LogP contribution in [0, 0.1) is 5.41 Å². The molecule has 7 nitrogen and oxygen atoms in total. The van der Waals surface area contributed by atoms with Gasteiger partial charge >= 0.3 is 6.09 Å². The lowest BCUT2D eigenvalue weighted by atomic mass is 9.74. The summed E-state index contributed by atoms with van der Waals surface area (Å²) >= 11 is 0. The van der Waals surface area contributed by atoms with E-state index in [-0.39, 0.29) is 25.6 Å². The molecule has 0 spiro atoms. The van der Waals surface area contributed by atoms with Crippen LogP contribution in [0.3, 0.4) is 0 Å². The van der Waals surface area contributed by atoms with Crippen LogP contribution in [-0.4, -0.2) is 66.5 Å². The van der Waals surface area contributed by atoms with Gasteiger partial charge in [0.25, 0.3) is 5.91 Å². The molecule has 1 fully saturated rings. The zero-order valence-corrected chi connectivity index (χ0v) is 12.1. The van der Waals surface area contributed by atoms with Gasteiger partial charge < -0.3 is 14.7 Å². The Bertz CT molecular complexity index is 366. The van der Waals surface area contributed by atoms with Crippen LogP contribution >= 0.6 is 0 Å². The number of likely N-dealkylation sites (N-methyl/N-ethyl adjacent to an activating group) is 1. The molecule has 0 aromatic heterocycles. The third-order valence-corrected chi connectivity index (χ3v) is 3.51. The van der Waals surface area contributed by atoms with Gasteiger partial charge in [-0.2, -0.15) is 0 Å². The van der Waals surface area contributed by atoms with E-state index in [1.54, 1.807) is 0 Å². The first-order valence-corrected chi connectivity index (χ1v) is 6.10. The maximum Gasteiger partial charge on any atom is 0.407 e. The summed E-state index contributed by atoms with van der Waals surface area (Å²) < 4.78 is 5.72. The number of amides is 2. The second-order valence-electron chi connectivity index (χ2n) is 5.61. The molecule has 1 rings (SSSR count). The lowest BCUT2D eigenvalue weighted by Gasteiger charge is -2.48. The van der Waals surface area contributed by atoms with Gasteiger partial charge in [-0.15, -0.1) is 0 Å². The minimum atomic E-state index is -1.24. The Labute approximate surface area is 113 Å². The summed E-state index contributed by atoms with van der Waals surface area (Å²) in [6, 6.07) is 0. The van der Waals surface area contributed by atoms with Gasteiger partial charge in [0.15, 0.2) is 5.60 Å². The summed E-state index contributed by atoms with van der Waals surface area (Å²) in [5.74, 6) is -0.381. The van der Waals surface area contributed by atoms with Crippen molar-refractivity contribution in [3.05, 3.63) is 0 Å². The van der Waals surface area contributed by atoms with E-state index in [0.29, 0.717) is 0 Å². The first-order chi connectivity index (χ1) is 8.65. The van der Waals surface area contributed by atoms with Crippen molar-refractivity contribution in [1.29, 1.82) is 0 Å². The highest BCUT2D eigenvalue weighted by molar-refractivity contribution is 5.86. The maximum atomic E-state index is 12.5. The number of carboxylic acid groups (broad SMARTS) is 1. The Morgan fingerprint density at radius 1 is 1.42 bits per heavy atom. The van der Waals surface area contributed by atoms with Gasteiger partial charge in [0.2, 0.25) is 0 Å². The van der Waals surface area contributed by atoms with Crippen LogP contribution < -0.4 is 0 Å². The zero-order valence-electron chi connectivity index (χ0n) is 12.1. The van der Waals surface area contributed by atoms with Crippen LogP contribution in [-0.2, 0) is 14.4 Å². The van der Waals surface area contributed by atoms with Crippen molar-refractivity contribution in [3.63, 3.8) is 0 Å². The first kappa shape index (κ1) is 15.7. The Balaban J connectivity index is 3.14. The van der Waals surface area contributed by atoms with Crippen molar-refractivity contribution < 1.29 is 24.3 Å². The van der Waals surface area contributed by atoms with Crippen LogP contribution in [0.25, 0.3) is 0 Å².